The van der Waals surface area contributed by atoms with E-state index in [4.69, 9.17) is 0 Å². The van der Waals surface area contributed by atoms with Crippen LogP contribution in [-0.4, -0.2) is 16.0 Å². The maximum absolute atomic E-state index is 2.68. The van der Waals surface area contributed by atoms with Crippen LogP contribution in [-0.2, 0) is 6.54 Å². The van der Waals surface area contributed by atoms with Crippen LogP contribution in [0.2, 0.25) is 0 Å². The van der Waals surface area contributed by atoms with Gasteiger partial charge in [0.1, 0.15) is 0 Å². The van der Waals surface area contributed by atoms with E-state index in [0.717, 1.165) is 6.54 Å². The molecule has 2 rings (SSSR count). The summed E-state index contributed by atoms with van der Waals surface area (Å²) in [7, 11) is 0. The summed E-state index contributed by atoms with van der Waals surface area (Å²) >= 11 is 0. The van der Waals surface area contributed by atoms with E-state index >= 15 is 0 Å². The Bertz CT molecular complexity index is 348. The van der Waals surface area contributed by atoms with Gasteiger partial charge in [0, 0.05) is 17.6 Å². The monoisotopic (exact) mass is 231 g/mol. The van der Waals surface area contributed by atoms with Crippen molar-refractivity contribution in [2.75, 3.05) is 0 Å². The van der Waals surface area contributed by atoms with E-state index in [1.807, 2.05) is 0 Å². The van der Waals surface area contributed by atoms with Gasteiger partial charge in [0.2, 0.25) is 0 Å². The third-order valence-electron chi connectivity index (χ3n) is 4.22. The molecule has 0 radical (unpaired) electrons. The molecule has 94 valence electrons. The van der Waals surface area contributed by atoms with Crippen molar-refractivity contribution < 1.29 is 0 Å². The minimum Gasteiger partial charge on any atom is -0.289 e. The van der Waals surface area contributed by atoms with Crippen LogP contribution in [0.1, 0.15) is 52.5 Å². The van der Waals surface area contributed by atoms with Gasteiger partial charge in [-0.1, -0.05) is 30.3 Å². The fourth-order valence-electron chi connectivity index (χ4n) is 3.24. The largest absolute Gasteiger partial charge is 0.289 e. The number of likely N-dealkylation sites (tertiary alicyclic amines) is 1. The SMILES string of the molecule is CC1(C)CCCC(C)(C)N1Cc1ccccc1. The lowest BCUT2D eigenvalue weighted by Gasteiger charge is -2.53. The van der Waals surface area contributed by atoms with Crippen molar-refractivity contribution >= 4 is 0 Å². The molecule has 1 aliphatic heterocycles. The Morgan fingerprint density at radius 1 is 0.941 bits per heavy atom. The molecule has 0 bridgehead atoms. The Hall–Kier alpha value is -0.820. The van der Waals surface area contributed by atoms with Gasteiger partial charge in [-0.3, -0.25) is 4.90 Å². The molecule has 17 heavy (non-hydrogen) atoms. The quantitative estimate of drug-likeness (QED) is 0.736. The number of hydrogen-bond donors (Lipinski definition) is 0. The highest BCUT2D eigenvalue weighted by Gasteiger charge is 2.40. The molecule has 0 atom stereocenters. The first kappa shape index (κ1) is 12.6. The molecule has 1 aromatic rings. The van der Waals surface area contributed by atoms with Crippen LogP contribution in [0.4, 0.5) is 0 Å². The number of rotatable bonds is 2. The van der Waals surface area contributed by atoms with Crippen LogP contribution >= 0.6 is 0 Å². The fraction of sp³-hybridized carbons (Fsp3) is 0.625. The molecule has 0 N–H and O–H groups in total. The number of benzene rings is 1. The zero-order chi connectivity index (χ0) is 12.5. The molecule has 0 aromatic heterocycles. The van der Waals surface area contributed by atoms with E-state index < -0.39 is 0 Å². The first-order valence-corrected chi connectivity index (χ1v) is 6.73. The van der Waals surface area contributed by atoms with E-state index in [-0.39, 0.29) is 0 Å². The normalized spacial score (nSPS) is 23.5. The van der Waals surface area contributed by atoms with Crippen LogP contribution < -0.4 is 0 Å². The van der Waals surface area contributed by atoms with E-state index in [1.165, 1.54) is 24.8 Å². The van der Waals surface area contributed by atoms with Gasteiger partial charge in [-0.25, -0.2) is 0 Å². The predicted octanol–water partition coefficient (Wildman–Crippen LogP) is 4.23. The first-order chi connectivity index (χ1) is 7.92. The molecule has 0 saturated carbocycles. The summed E-state index contributed by atoms with van der Waals surface area (Å²) in [5.74, 6) is 0. The van der Waals surface area contributed by atoms with Crippen molar-refractivity contribution in [3.63, 3.8) is 0 Å². The molecule has 1 heterocycles. The summed E-state index contributed by atoms with van der Waals surface area (Å²) in [4.78, 5) is 2.68. The lowest BCUT2D eigenvalue weighted by atomic mass is 9.79. The molecule has 1 heteroatoms. The third kappa shape index (κ3) is 2.71. The van der Waals surface area contributed by atoms with E-state index in [0.29, 0.717) is 11.1 Å². The summed E-state index contributed by atoms with van der Waals surface area (Å²) in [6.07, 6.45) is 3.97. The number of piperidine rings is 1. The Balaban J connectivity index is 2.21. The van der Waals surface area contributed by atoms with Crippen molar-refractivity contribution in [2.24, 2.45) is 0 Å². The summed E-state index contributed by atoms with van der Waals surface area (Å²) in [6, 6.07) is 10.8. The standard InChI is InChI=1S/C16H25N/c1-15(2)11-8-12-16(3,4)17(15)13-14-9-6-5-7-10-14/h5-7,9-10H,8,11-13H2,1-4H3. The van der Waals surface area contributed by atoms with Gasteiger partial charge in [-0.05, 0) is 52.5 Å². The van der Waals surface area contributed by atoms with Crippen LogP contribution in [0.15, 0.2) is 30.3 Å². The zero-order valence-corrected chi connectivity index (χ0v) is 11.7. The van der Waals surface area contributed by atoms with Crippen LogP contribution in [0, 0.1) is 0 Å². The highest BCUT2D eigenvalue weighted by atomic mass is 15.3. The minimum absolute atomic E-state index is 0.317. The molecule has 1 nitrogen and oxygen atoms in total. The molecule has 0 aliphatic carbocycles. The van der Waals surface area contributed by atoms with Gasteiger partial charge in [0.05, 0.1) is 0 Å². The number of hydrogen-bond acceptors (Lipinski definition) is 1. The van der Waals surface area contributed by atoms with Crippen LogP contribution in [0.3, 0.4) is 0 Å². The van der Waals surface area contributed by atoms with Gasteiger partial charge in [-0.15, -0.1) is 0 Å². The zero-order valence-electron chi connectivity index (χ0n) is 11.7. The molecule has 1 saturated heterocycles. The molecule has 0 unspecified atom stereocenters. The van der Waals surface area contributed by atoms with E-state index in [1.54, 1.807) is 0 Å². The lowest BCUT2D eigenvalue weighted by molar-refractivity contribution is -0.0340. The van der Waals surface area contributed by atoms with E-state index in [2.05, 4.69) is 62.9 Å². The maximum Gasteiger partial charge on any atom is 0.0244 e. The summed E-state index contributed by atoms with van der Waals surface area (Å²) in [5.41, 5.74) is 2.06. The molecule has 0 amide bonds. The van der Waals surface area contributed by atoms with Crippen molar-refractivity contribution in [1.82, 2.24) is 4.90 Å². The lowest BCUT2D eigenvalue weighted by Crippen LogP contribution is -2.57. The first-order valence-electron chi connectivity index (χ1n) is 6.73. The maximum atomic E-state index is 2.68. The summed E-state index contributed by atoms with van der Waals surface area (Å²) in [6.45, 7) is 10.6. The average Bonchev–Trinajstić information content (AvgIpc) is 2.25. The average molecular weight is 231 g/mol. The van der Waals surface area contributed by atoms with Gasteiger partial charge < -0.3 is 0 Å². The van der Waals surface area contributed by atoms with Crippen LogP contribution in [0.25, 0.3) is 0 Å². The number of nitrogens with zero attached hydrogens (tertiary/aromatic N) is 1. The van der Waals surface area contributed by atoms with Crippen molar-refractivity contribution in [1.29, 1.82) is 0 Å². The molecule has 0 spiro atoms. The molecular formula is C16H25N. The minimum atomic E-state index is 0.317. The summed E-state index contributed by atoms with van der Waals surface area (Å²) < 4.78 is 0. The van der Waals surface area contributed by atoms with Gasteiger partial charge in [0.25, 0.3) is 0 Å². The Morgan fingerprint density at radius 2 is 1.47 bits per heavy atom. The smallest absolute Gasteiger partial charge is 0.0244 e. The van der Waals surface area contributed by atoms with Crippen molar-refractivity contribution in [3.8, 4) is 0 Å². The topological polar surface area (TPSA) is 3.24 Å². The Morgan fingerprint density at radius 3 is 2.00 bits per heavy atom. The highest BCUT2D eigenvalue weighted by Crippen LogP contribution is 2.39. The Labute approximate surface area is 106 Å². The van der Waals surface area contributed by atoms with Crippen molar-refractivity contribution in [3.05, 3.63) is 35.9 Å². The van der Waals surface area contributed by atoms with Crippen molar-refractivity contribution in [2.45, 2.75) is 64.6 Å². The summed E-state index contributed by atoms with van der Waals surface area (Å²) in [5, 5.41) is 0. The third-order valence-corrected chi connectivity index (χ3v) is 4.22. The molecular weight excluding hydrogens is 206 g/mol. The second-order valence-electron chi connectivity index (χ2n) is 6.55. The molecule has 1 fully saturated rings. The molecule has 1 aromatic carbocycles. The second kappa shape index (κ2) is 4.45. The Kier molecular flexibility index (Phi) is 3.31. The van der Waals surface area contributed by atoms with E-state index in [9.17, 15) is 0 Å². The second-order valence-corrected chi connectivity index (χ2v) is 6.55. The van der Waals surface area contributed by atoms with Gasteiger partial charge in [0.15, 0.2) is 0 Å². The highest BCUT2D eigenvalue weighted by molar-refractivity contribution is 5.16. The predicted molar refractivity (Wildman–Crippen MR) is 74.0 cm³/mol. The fourth-order valence-corrected chi connectivity index (χ4v) is 3.24. The van der Waals surface area contributed by atoms with Gasteiger partial charge in [-0.2, -0.15) is 0 Å². The van der Waals surface area contributed by atoms with Crippen LogP contribution in [0.5, 0.6) is 0 Å². The van der Waals surface area contributed by atoms with Gasteiger partial charge >= 0.3 is 0 Å². The molecule has 1 aliphatic rings.